The average Bonchev–Trinajstić information content (AvgIpc) is 3.45. The number of benzene rings is 2. The summed E-state index contributed by atoms with van der Waals surface area (Å²) in [6.07, 6.45) is 6.05. The number of nitrogens with zero attached hydrogens (tertiary/aromatic N) is 4. The highest BCUT2D eigenvalue weighted by Crippen LogP contribution is 2.26. The Bertz CT molecular complexity index is 1110. The molecule has 0 radical (unpaired) electrons. The second-order valence-corrected chi connectivity index (χ2v) is 7.70. The second kappa shape index (κ2) is 7.54. The van der Waals surface area contributed by atoms with Crippen LogP contribution in [0.2, 0.25) is 0 Å². The third-order valence-corrected chi connectivity index (χ3v) is 5.86. The predicted molar refractivity (Wildman–Crippen MR) is 112 cm³/mol. The molecule has 6 heteroatoms. The summed E-state index contributed by atoms with van der Waals surface area (Å²) in [6, 6.07) is 18.2. The van der Waals surface area contributed by atoms with Gasteiger partial charge < -0.3 is 9.47 Å². The fourth-order valence-corrected chi connectivity index (χ4v) is 4.22. The smallest absolute Gasteiger partial charge is 0.253 e. The normalized spacial score (nSPS) is 15.1. The van der Waals surface area contributed by atoms with Gasteiger partial charge in [0.2, 0.25) is 0 Å². The molecule has 0 spiro atoms. The molecule has 1 fully saturated rings. The van der Waals surface area contributed by atoms with E-state index in [1.54, 1.807) is 0 Å². The van der Waals surface area contributed by atoms with Crippen LogP contribution in [0.5, 0.6) is 0 Å². The first kappa shape index (κ1) is 17.7. The molecule has 0 atom stereocenters. The van der Waals surface area contributed by atoms with Crippen LogP contribution in [0.15, 0.2) is 67.0 Å². The number of aromatic amines is 1. The van der Waals surface area contributed by atoms with Crippen LogP contribution in [-0.2, 0) is 6.54 Å². The van der Waals surface area contributed by atoms with Gasteiger partial charge in [-0.2, -0.15) is 0 Å². The minimum Gasteiger partial charge on any atom is -0.347 e. The molecule has 1 saturated heterocycles. The summed E-state index contributed by atoms with van der Waals surface area (Å²) < 4.78 is 2.33. The Hall–Kier alpha value is -3.41. The molecular weight excluding hydrogens is 362 g/mol. The number of amides is 1. The summed E-state index contributed by atoms with van der Waals surface area (Å²) >= 11 is 0. The number of hydrogen-bond acceptors (Lipinski definition) is 3. The fourth-order valence-electron chi connectivity index (χ4n) is 4.22. The zero-order valence-corrected chi connectivity index (χ0v) is 16.2. The molecule has 1 amide bonds. The first-order chi connectivity index (χ1) is 14.3. The lowest BCUT2D eigenvalue weighted by atomic mass is 9.96. The molecule has 0 saturated carbocycles. The van der Waals surface area contributed by atoms with E-state index < -0.39 is 0 Å². The van der Waals surface area contributed by atoms with E-state index in [4.69, 9.17) is 0 Å². The largest absolute Gasteiger partial charge is 0.347 e. The van der Waals surface area contributed by atoms with Crippen LogP contribution in [-0.4, -0.2) is 43.9 Å². The van der Waals surface area contributed by atoms with Crippen molar-refractivity contribution in [2.75, 3.05) is 13.1 Å². The Balaban J connectivity index is 1.25. The number of fused-ring (bicyclic) bond motifs is 1. The van der Waals surface area contributed by atoms with Crippen molar-refractivity contribution in [3.05, 3.63) is 72.6 Å². The third kappa shape index (κ3) is 3.53. The lowest BCUT2D eigenvalue weighted by Gasteiger charge is -2.32. The van der Waals surface area contributed by atoms with Gasteiger partial charge in [0.15, 0.2) is 0 Å². The van der Waals surface area contributed by atoms with Gasteiger partial charge in [-0.1, -0.05) is 29.5 Å². The highest BCUT2D eigenvalue weighted by molar-refractivity contribution is 5.94. The number of carbonyl (C=O) groups excluding carboxylic acids is 1. The SMILES string of the molecule is O=C(c1ccccc1)N1CCC(Cn2ccc3cc(-c4c[nH]nn4)ccc32)CC1. The number of aromatic nitrogens is 4. The monoisotopic (exact) mass is 385 g/mol. The molecule has 2 aromatic heterocycles. The Morgan fingerprint density at radius 3 is 2.66 bits per heavy atom. The van der Waals surface area contributed by atoms with E-state index in [-0.39, 0.29) is 5.91 Å². The van der Waals surface area contributed by atoms with Crippen molar-refractivity contribution in [2.24, 2.45) is 5.92 Å². The molecule has 29 heavy (non-hydrogen) atoms. The zero-order chi connectivity index (χ0) is 19.6. The lowest BCUT2D eigenvalue weighted by Crippen LogP contribution is -2.39. The van der Waals surface area contributed by atoms with Crippen molar-refractivity contribution in [1.29, 1.82) is 0 Å². The Kier molecular flexibility index (Phi) is 4.60. The summed E-state index contributed by atoms with van der Waals surface area (Å²) in [4.78, 5) is 14.6. The minimum absolute atomic E-state index is 0.149. The van der Waals surface area contributed by atoms with E-state index in [2.05, 4.69) is 50.4 Å². The van der Waals surface area contributed by atoms with Crippen LogP contribution in [0.4, 0.5) is 0 Å². The third-order valence-electron chi connectivity index (χ3n) is 5.86. The molecular formula is C23H23N5O. The number of piperidine rings is 1. The highest BCUT2D eigenvalue weighted by atomic mass is 16.2. The van der Waals surface area contributed by atoms with E-state index in [0.717, 1.165) is 49.3 Å². The number of nitrogens with one attached hydrogen (secondary N) is 1. The predicted octanol–water partition coefficient (Wildman–Crippen LogP) is 3.98. The quantitative estimate of drug-likeness (QED) is 0.578. The van der Waals surface area contributed by atoms with Crippen molar-refractivity contribution in [1.82, 2.24) is 24.9 Å². The van der Waals surface area contributed by atoms with Crippen molar-refractivity contribution < 1.29 is 4.79 Å². The summed E-state index contributed by atoms with van der Waals surface area (Å²) in [5.74, 6) is 0.733. The Morgan fingerprint density at radius 2 is 1.90 bits per heavy atom. The first-order valence-electron chi connectivity index (χ1n) is 10.1. The van der Waals surface area contributed by atoms with Gasteiger partial charge in [-0.25, -0.2) is 0 Å². The maximum atomic E-state index is 12.6. The van der Waals surface area contributed by atoms with Gasteiger partial charge in [0.05, 0.1) is 0 Å². The number of likely N-dealkylation sites (tertiary alicyclic amines) is 1. The number of H-pyrrole nitrogens is 1. The molecule has 146 valence electrons. The molecule has 5 rings (SSSR count). The lowest BCUT2D eigenvalue weighted by molar-refractivity contribution is 0.0683. The molecule has 0 aliphatic carbocycles. The average molecular weight is 385 g/mol. The zero-order valence-electron chi connectivity index (χ0n) is 16.2. The summed E-state index contributed by atoms with van der Waals surface area (Å²) in [6.45, 7) is 2.64. The molecule has 4 aromatic rings. The van der Waals surface area contributed by atoms with Crippen molar-refractivity contribution in [2.45, 2.75) is 19.4 Å². The van der Waals surface area contributed by atoms with Crippen molar-refractivity contribution in [3.63, 3.8) is 0 Å². The first-order valence-corrected chi connectivity index (χ1v) is 10.1. The molecule has 1 aliphatic rings. The molecule has 3 heterocycles. The Morgan fingerprint density at radius 1 is 1.07 bits per heavy atom. The van der Waals surface area contributed by atoms with E-state index in [1.165, 1.54) is 10.9 Å². The van der Waals surface area contributed by atoms with Crippen LogP contribution < -0.4 is 0 Å². The van der Waals surface area contributed by atoms with Gasteiger partial charge in [0.1, 0.15) is 5.69 Å². The summed E-state index contributed by atoms with van der Waals surface area (Å²) in [7, 11) is 0. The van der Waals surface area contributed by atoms with E-state index in [9.17, 15) is 4.79 Å². The fraction of sp³-hybridized carbons (Fsp3) is 0.261. The standard InChI is InChI=1S/C23H23N5O/c29-23(18-4-2-1-3-5-18)27-11-8-17(9-12-27)16-28-13-10-20-14-19(6-7-22(20)28)21-15-24-26-25-21/h1-7,10,13-15,17H,8-9,11-12,16H2,(H,24,25,26). The van der Waals surface area contributed by atoms with E-state index in [1.807, 2.05) is 41.4 Å². The second-order valence-electron chi connectivity index (χ2n) is 7.70. The van der Waals surface area contributed by atoms with Crippen LogP contribution in [0, 0.1) is 5.92 Å². The number of carbonyl (C=O) groups is 1. The Labute approximate surface area is 169 Å². The maximum Gasteiger partial charge on any atom is 0.253 e. The van der Waals surface area contributed by atoms with E-state index in [0.29, 0.717) is 5.92 Å². The molecule has 0 bridgehead atoms. The van der Waals surface area contributed by atoms with Gasteiger partial charge in [-0.05, 0) is 49.1 Å². The van der Waals surface area contributed by atoms with Gasteiger partial charge >= 0.3 is 0 Å². The van der Waals surface area contributed by atoms with Crippen LogP contribution >= 0.6 is 0 Å². The molecule has 0 unspecified atom stereocenters. The minimum atomic E-state index is 0.149. The summed E-state index contributed by atoms with van der Waals surface area (Å²) in [5.41, 5.74) is 3.94. The molecule has 6 nitrogen and oxygen atoms in total. The molecule has 1 aliphatic heterocycles. The van der Waals surface area contributed by atoms with E-state index >= 15 is 0 Å². The summed E-state index contributed by atoms with van der Waals surface area (Å²) in [5, 5.41) is 11.9. The van der Waals surface area contributed by atoms with Crippen molar-refractivity contribution in [3.8, 4) is 11.3 Å². The van der Waals surface area contributed by atoms with Gasteiger partial charge in [0, 0.05) is 54.1 Å². The van der Waals surface area contributed by atoms with Crippen LogP contribution in [0.25, 0.3) is 22.2 Å². The maximum absolute atomic E-state index is 12.6. The van der Waals surface area contributed by atoms with Crippen LogP contribution in [0.1, 0.15) is 23.2 Å². The molecule has 2 aromatic carbocycles. The highest BCUT2D eigenvalue weighted by Gasteiger charge is 2.24. The number of hydrogen-bond donors (Lipinski definition) is 1. The van der Waals surface area contributed by atoms with Gasteiger partial charge in [0.25, 0.3) is 5.91 Å². The van der Waals surface area contributed by atoms with Gasteiger partial charge in [-0.3, -0.25) is 9.89 Å². The van der Waals surface area contributed by atoms with Crippen LogP contribution in [0.3, 0.4) is 0 Å². The topological polar surface area (TPSA) is 66.8 Å². The van der Waals surface area contributed by atoms with Gasteiger partial charge in [-0.15, -0.1) is 5.10 Å². The van der Waals surface area contributed by atoms with Crippen molar-refractivity contribution >= 4 is 16.8 Å². The number of rotatable bonds is 4. The molecule has 1 N–H and O–H groups in total.